The van der Waals surface area contributed by atoms with Crippen LogP contribution in [0.1, 0.15) is 6.92 Å². The Labute approximate surface area is 150 Å². The van der Waals surface area contributed by atoms with Crippen molar-refractivity contribution in [1.29, 1.82) is 0 Å². The Hall–Kier alpha value is -2.13. The van der Waals surface area contributed by atoms with Crippen LogP contribution in [-0.4, -0.2) is 73.1 Å². The minimum absolute atomic E-state index is 0.124. The Balaban J connectivity index is 1.72. The third-order valence-electron chi connectivity index (χ3n) is 4.22. The summed E-state index contributed by atoms with van der Waals surface area (Å²) in [5.74, 6) is -0.766. The number of piperazine rings is 1. The summed E-state index contributed by atoms with van der Waals surface area (Å²) in [6.45, 7) is 2.66. The Kier molecular flexibility index (Phi) is 6.98. The van der Waals surface area contributed by atoms with E-state index in [2.05, 4.69) is 5.32 Å². The number of anilines is 1. The van der Waals surface area contributed by atoms with Crippen molar-refractivity contribution >= 4 is 17.5 Å². The first-order valence-corrected chi connectivity index (χ1v) is 8.40. The molecule has 1 aliphatic rings. The van der Waals surface area contributed by atoms with E-state index in [1.165, 1.54) is 0 Å². The molecule has 9 heteroatoms. The monoisotopic (exact) mass is 372 g/mol. The number of amides is 2. The molecule has 1 aliphatic heterocycles. The van der Waals surface area contributed by atoms with Crippen molar-refractivity contribution in [2.24, 2.45) is 0 Å². The highest BCUT2D eigenvalue weighted by molar-refractivity contribution is 5.92. The maximum atomic E-state index is 12.2. The van der Waals surface area contributed by atoms with Crippen LogP contribution < -0.4 is 10.6 Å². The number of hydrogen-bond donors (Lipinski definition) is 2. The fraction of sp³-hybridized carbons (Fsp3) is 0.529. The molecule has 2 rings (SSSR count). The van der Waals surface area contributed by atoms with E-state index in [-0.39, 0.29) is 12.5 Å². The fourth-order valence-corrected chi connectivity index (χ4v) is 2.73. The molecule has 1 unspecified atom stereocenters. The fourth-order valence-electron chi connectivity index (χ4n) is 2.73. The van der Waals surface area contributed by atoms with Crippen molar-refractivity contribution in [2.75, 3.05) is 44.6 Å². The van der Waals surface area contributed by atoms with E-state index in [0.29, 0.717) is 26.2 Å². The predicted molar refractivity (Wildman–Crippen MR) is 91.6 cm³/mol. The van der Waals surface area contributed by atoms with E-state index in [1.807, 2.05) is 33.3 Å². The van der Waals surface area contributed by atoms with Gasteiger partial charge in [-0.1, -0.05) is 18.2 Å². The lowest BCUT2D eigenvalue weighted by molar-refractivity contribution is -0.141. The zero-order valence-electron chi connectivity index (χ0n) is 14.6. The minimum Gasteiger partial charge on any atom is -0.346 e. The van der Waals surface area contributed by atoms with Crippen molar-refractivity contribution in [3.05, 3.63) is 30.3 Å². The summed E-state index contributed by atoms with van der Waals surface area (Å²) in [5, 5.41) is 4.71. The van der Waals surface area contributed by atoms with Crippen LogP contribution in [0.25, 0.3) is 0 Å². The van der Waals surface area contributed by atoms with E-state index in [9.17, 15) is 22.8 Å². The molecule has 0 saturated carbocycles. The minimum atomic E-state index is -4.42. The van der Waals surface area contributed by atoms with Crippen molar-refractivity contribution in [3.8, 4) is 0 Å². The second kappa shape index (κ2) is 9.00. The SMILES string of the molecule is CC(C(=O)NCC(F)(F)F)N1CCN(CC(=O)Nc2ccccc2)CC1. The van der Waals surface area contributed by atoms with Crippen LogP contribution in [0.3, 0.4) is 0 Å². The predicted octanol–water partition coefficient (Wildman–Crippen LogP) is 1.31. The third-order valence-corrected chi connectivity index (χ3v) is 4.22. The van der Waals surface area contributed by atoms with Gasteiger partial charge in [0.05, 0.1) is 12.6 Å². The quantitative estimate of drug-likeness (QED) is 0.790. The highest BCUT2D eigenvalue weighted by Gasteiger charge is 2.31. The van der Waals surface area contributed by atoms with E-state index < -0.39 is 24.7 Å². The average molecular weight is 372 g/mol. The normalized spacial score (nSPS) is 17.5. The molecule has 0 aliphatic carbocycles. The summed E-state index contributed by atoms with van der Waals surface area (Å²) in [5.41, 5.74) is 0.728. The number of rotatable bonds is 6. The van der Waals surface area contributed by atoms with Crippen LogP contribution in [0.15, 0.2) is 30.3 Å². The van der Waals surface area contributed by atoms with Gasteiger partial charge in [0.1, 0.15) is 6.54 Å². The molecule has 1 aromatic rings. The Morgan fingerprint density at radius 3 is 2.31 bits per heavy atom. The Morgan fingerprint density at radius 2 is 1.73 bits per heavy atom. The first kappa shape index (κ1) is 20.2. The van der Waals surface area contributed by atoms with Gasteiger partial charge >= 0.3 is 6.18 Å². The molecule has 0 spiro atoms. The zero-order valence-corrected chi connectivity index (χ0v) is 14.6. The number of halogens is 3. The number of carbonyl (C=O) groups is 2. The van der Waals surface area contributed by atoms with Gasteiger partial charge < -0.3 is 10.6 Å². The molecule has 1 fully saturated rings. The van der Waals surface area contributed by atoms with E-state index in [1.54, 1.807) is 19.1 Å². The third kappa shape index (κ3) is 6.64. The summed E-state index contributed by atoms with van der Waals surface area (Å²) in [6, 6.07) is 8.49. The largest absolute Gasteiger partial charge is 0.405 e. The molecule has 0 aromatic heterocycles. The van der Waals surface area contributed by atoms with Crippen molar-refractivity contribution < 1.29 is 22.8 Å². The van der Waals surface area contributed by atoms with Crippen molar-refractivity contribution in [1.82, 2.24) is 15.1 Å². The molecular weight excluding hydrogens is 349 g/mol. The number of alkyl halides is 3. The summed E-state index contributed by atoms with van der Waals surface area (Å²) >= 11 is 0. The second-order valence-electron chi connectivity index (χ2n) is 6.24. The van der Waals surface area contributed by atoms with Gasteiger partial charge in [-0.25, -0.2) is 0 Å². The molecule has 0 radical (unpaired) electrons. The van der Waals surface area contributed by atoms with Crippen LogP contribution in [0.2, 0.25) is 0 Å². The van der Waals surface area contributed by atoms with Crippen LogP contribution in [-0.2, 0) is 9.59 Å². The number of carbonyl (C=O) groups excluding carboxylic acids is 2. The van der Waals surface area contributed by atoms with Gasteiger partial charge in [-0.15, -0.1) is 0 Å². The molecule has 1 atom stereocenters. The summed E-state index contributed by atoms with van der Waals surface area (Å²) in [6.07, 6.45) is -4.42. The van der Waals surface area contributed by atoms with Crippen LogP contribution in [0.4, 0.5) is 18.9 Å². The number of nitrogens with zero attached hydrogens (tertiary/aromatic N) is 2. The molecule has 26 heavy (non-hydrogen) atoms. The molecule has 2 amide bonds. The first-order chi connectivity index (χ1) is 12.2. The van der Waals surface area contributed by atoms with Gasteiger partial charge in [0.25, 0.3) is 0 Å². The highest BCUT2D eigenvalue weighted by Crippen LogP contribution is 2.13. The molecule has 144 valence electrons. The molecule has 1 heterocycles. The summed E-state index contributed by atoms with van der Waals surface area (Å²) < 4.78 is 36.5. The lowest BCUT2D eigenvalue weighted by atomic mass is 10.2. The zero-order chi connectivity index (χ0) is 19.2. The average Bonchev–Trinajstić information content (AvgIpc) is 2.60. The topological polar surface area (TPSA) is 64.7 Å². The van der Waals surface area contributed by atoms with Crippen LogP contribution in [0.5, 0.6) is 0 Å². The lowest BCUT2D eigenvalue weighted by Gasteiger charge is -2.37. The molecule has 0 bridgehead atoms. The molecule has 1 aromatic carbocycles. The van der Waals surface area contributed by atoms with E-state index in [0.717, 1.165) is 5.69 Å². The maximum absolute atomic E-state index is 12.2. The maximum Gasteiger partial charge on any atom is 0.405 e. The van der Waals surface area contributed by atoms with Crippen LogP contribution in [0, 0.1) is 0 Å². The number of para-hydroxylation sites is 1. The standard InChI is InChI=1S/C17H23F3N4O2/c1-13(16(26)21-12-17(18,19)20)24-9-7-23(8-10-24)11-15(25)22-14-5-3-2-4-6-14/h2-6,13H,7-12H2,1H3,(H,21,26)(H,22,25). The first-order valence-electron chi connectivity index (χ1n) is 8.40. The van der Waals surface area contributed by atoms with Gasteiger partial charge in [0.15, 0.2) is 0 Å². The van der Waals surface area contributed by atoms with Gasteiger partial charge in [-0.05, 0) is 19.1 Å². The molecular formula is C17H23F3N4O2. The van der Waals surface area contributed by atoms with E-state index >= 15 is 0 Å². The van der Waals surface area contributed by atoms with Gasteiger partial charge in [0, 0.05) is 31.9 Å². The molecule has 1 saturated heterocycles. The molecule has 2 N–H and O–H groups in total. The summed E-state index contributed by atoms with van der Waals surface area (Å²) in [4.78, 5) is 27.6. The van der Waals surface area contributed by atoms with Gasteiger partial charge in [-0.2, -0.15) is 13.2 Å². The van der Waals surface area contributed by atoms with Gasteiger partial charge in [-0.3, -0.25) is 19.4 Å². The van der Waals surface area contributed by atoms with E-state index in [4.69, 9.17) is 0 Å². The Bertz CT molecular complexity index is 602. The summed E-state index contributed by atoms with van der Waals surface area (Å²) in [7, 11) is 0. The molecule has 6 nitrogen and oxygen atoms in total. The smallest absolute Gasteiger partial charge is 0.346 e. The Morgan fingerprint density at radius 1 is 1.12 bits per heavy atom. The lowest BCUT2D eigenvalue weighted by Crippen LogP contribution is -2.55. The van der Waals surface area contributed by atoms with Crippen LogP contribution >= 0.6 is 0 Å². The number of hydrogen-bond acceptors (Lipinski definition) is 4. The van der Waals surface area contributed by atoms with Gasteiger partial charge in [0.2, 0.25) is 11.8 Å². The highest BCUT2D eigenvalue weighted by atomic mass is 19.4. The van der Waals surface area contributed by atoms with Crippen molar-refractivity contribution in [3.63, 3.8) is 0 Å². The van der Waals surface area contributed by atoms with Crippen molar-refractivity contribution in [2.45, 2.75) is 19.1 Å². The number of nitrogens with one attached hydrogen (secondary N) is 2. The number of benzene rings is 1. The second-order valence-corrected chi connectivity index (χ2v) is 6.24.